The van der Waals surface area contributed by atoms with Crippen molar-refractivity contribution >= 4 is 29.2 Å². The first-order chi connectivity index (χ1) is 17.4. The number of carbonyl (C=O) groups excluding carboxylic acids is 2. The van der Waals surface area contributed by atoms with Gasteiger partial charge >= 0.3 is 6.03 Å². The van der Waals surface area contributed by atoms with Crippen molar-refractivity contribution < 1.29 is 18.7 Å². The lowest BCUT2D eigenvalue weighted by Gasteiger charge is -2.35. The van der Waals surface area contributed by atoms with E-state index in [2.05, 4.69) is 15.5 Å². The molecule has 194 valence electrons. The maximum Gasteiger partial charge on any atom is 0.319 e. The number of morpholine rings is 1. The SMILES string of the molecule is O=C(Nc1cccc(Cl)c1)N[C@@H](CC(=O)N1CCC[C@@H](Cc2ccc(F)cc2)C1)CN1CCOCC1. The van der Waals surface area contributed by atoms with Crippen LogP contribution in [0.3, 0.4) is 0 Å². The molecule has 2 saturated heterocycles. The Morgan fingerprint density at radius 1 is 1.11 bits per heavy atom. The van der Waals surface area contributed by atoms with E-state index in [4.69, 9.17) is 16.3 Å². The lowest BCUT2D eigenvalue weighted by atomic mass is 9.91. The predicted molar refractivity (Wildman–Crippen MR) is 139 cm³/mol. The fourth-order valence-corrected chi connectivity index (χ4v) is 5.12. The highest BCUT2D eigenvalue weighted by Gasteiger charge is 2.27. The average Bonchev–Trinajstić information content (AvgIpc) is 2.86. The number of anilines is 1. The van der Waals surface area contributed by atoms with Crippen LogP contribution in [0.4, 0.5) is 14.9 Å². The van der Waals surface area contributed by atoms with Gasteiger partial charge in [0.15, 0.2) is 0 Å². The summed E-state index contributed by atoms with van der Waals surface area (Å²) in [7, 11) is 0. The van der Waals surface area contributed by atoms with Crippen molar-refractivity contribution in [2.45, 2.75) is 31.7 Å². The topological polar surface area (TPSA) is 73.9 Å². The molecule has 0 saturated carbocycles. The molecule has 9 heteroatoms. The van der Waals surface area contributed by atoms with Crippen LogP contribution in [0.15, 0.2) is 48.5 Å². The maximum absolute atomic E-state index is 13.3. The third kappa shape index (κ3) is 8.18. The number of piperidine rings is 1. The molecule has 0 unspecified atom stereocenters. The van der Waals surface area contributed by atoms with Crippen molar-refractivity contribution in [3.05, 3.63) is 64.9 Å². The molecular formula is C27H34ClFN4O3. The summed E-state index contributed by atoms with van der Waals surface area (Å²) in [4.78, 5) is 30.2. The van der Waals surface area contributed by atoms with Crippen LogP contribution >= 0.6 is 11.6 Å². The van der Waals surface area contributed by atoms with Crippen LogP contribution < -0.4 is 10.6 Å². The third-order valence-corrected chi connectivity index (χ3v) is 6.97. The van der Waals surface area contributed by atoms with Crippen molar-refractivity contribution in [2.24, 2.45) is 5.92 Å². The van der Waals surface area contributed by atoms with E-state index in [0.717, 1.165) is 44.5 Å². The van der Waals surface area contributed by atoms with E-state index >= 15 is 0 Å². The second-order valence-electron chi connectivity index (χ2n) is 9.60. The minimum Gasteiger partial charge on any atom is -0.379 e. The van der Waals surface area contributed by atoms with Gasteiger partial charge in [0.1, 0.15) is 5.82 Å². The van der Waals surface area contributed by atoms with Crippen molar-refractivity contribution in [2.75, 3.05) is 51.3 Å². The Balaban J connectivity index is 1.35. The summed E-state index contributed by atoms with van der Waals surface area (Å²) in [6, 6.07) is 12.9. The molecule has 0 radical (unpaired) electrons. The summed E-state index contributed by atoms with van der Waals surface area (Å²) in [5.41, 5.74) is 1.68. The Bertz CT molecular complexity index is 1020. The van der Waals surface area contributed by atoms with Gasteiger partial charge in [0.25, 0.3) is 0 Å². The van der Waals surface area contributed by atoms with Gasteiger partial charge in [-0.15, -0.1) is 0 Å². The van der Waals surface area contributed by atoms with Crippen LogP contribution in [0.5, 0.6) is 0 Å². The van der Waals surface area contributed by atoms with Gasteiger partial charge in [0.05, 0.1) is 19.3 Å². The summed E-state index contributed by atoms with van der Waals surface area (Å²) >= 11 is 6.03. The predicted octanol–water partition coefficient (Wildman–Crippen LogP) is 4.17. The van der Waals surface area contributed by atoms with E-state index in [9.17, 15) is 14.0 Å². The van der Waals surface area contributed by atoms with E-state index < -0.39 is 0 Å². The molecule has 2 heterocycles. The molecule has 2 aliphatic heterocycles. The highest BCUT2D eigenvalue weighted by Crippen LogP contribution is 2.22. The molecule has 2 aromatic carbocycles. The lowest BCUT2D eigenvalue weighted by Crippen LogP contribution is -2.51. The Morgan fingerprint density at radius 2 is 1.89 bits per heavy atom. The molecule has 7 nitrogen and oxygen atoms in total. The first-order valence-corrected chi connectivity index (χ1v) is 13.0. The molecule has 2 aliphatic rings. The van der Waals surface area contributed by atoms with Gasteiger partial charge in [-0.1, -0.05) is 29.8 Å². The van der Waals surface area contributed by atoms with Gasteiger partial charge < -0.3 is 20.3 Å². The van der Waals surface area contributed by atoms with E-state index in [1.165, 1.54) is 12.1 Å². The number of benzene rings is 2. The number of rotatable bonds is 8. The van der Waals surface area contributed by atoms with Crippen molar-refractivity contribution in [3.8, 4) is 0 Å². The number of halogens is 2. The van der Waals surface area contributed by atoms with Gasteiger partial charge in [-0.05, 0) is 61.1 Å². The molecule has 4 rings (SSSR count). The largest absolute Gasteiger partial charge is 0.379 e. The van der Waals surface area contributed by atoms with E-state index in [-0.39, 0.29) is 30.2 Å². The minimum atomic E-state index is -0.365. The standard InChI is InChI=1S/C27H34ClFN4O3/c28-22-4-1-5-24(16-22)30-27(35)31-25(19-32-11-13-36-14-12-32)17-26(34)33-10-2-3-21(18-33)15-20-6-8-23(29)9-7-20/h1,4-9,16,21,25H,2-3,10-15,17-19H2,(H2,30,31,35)/t21-,25-/m0/s1. The van der Waals surface area contributed by atoms with Crippen LogP contribution in [-0.4, -0.2) is 73.7 Å². The van der Waals surface area contributed by atoms with Crippen LogP contribution in [0.1, 0.15) is 24.8 Å². The molecular weight excluding hydrogens is 483 g/mol. The molecule has 2 atom stereocenters. The molecule has 0 aromatic heterocycles. The lowest BCUT2D eigenvalue weighted by molar-refractivity contribution is -0.133. The van der Waals surface area contributed by atoms with Gasteiger partial charge in [-0.25, -0.2) is 9.18 Å². The zero-order valence-electron chi connectivity index (χ0n) is 20.4. The Labute approximate surface area is 216 Å². The van der Waals surface area contributed by atoms with Crippen molar-refractivity contribution in [3.63, 3.8) is 0 Å². The van der Waals surface area contributed by atoms with Gasteiger partial charge in [-0.3, -0.25) is 9.69 Å². The van der Waals surface area contributed by atoms with Crippen molar-refractivity contribution in [1.29, 1.82) is 0 Å². The Morgan fingerprint density at radius 3 is 2.64 bits per heavy atom. The fraction of sp³-hybridized carbons (Fsp3) is 0.481. The van der Waals surface area contributed by atoms with Gasteiger partial charge in [-0.2, -0.15) is 0 Å². The number of nitrogens with zero attached hydrogens (tertiary/aromatic N) is 2. The van der Waals surface area contributed by atoms with Crippen LogP contribution in [0, 0.1) is 11.7 Å². The highest BCUT2D eigenvalue weighted by molar-refractivity contribution is 6.30. The average molecular weight is 517 g/mol. The number of ether oxygens (including phenoxy) is 1. The second kappa shape index (κ2) is 13.0. The van der Waals surface area contributed by atoms with Crippen molar-refractivity contribution in [1.82, 2.24) is 15.1 Å². The molecule has 3 amide bonds. The number of urea groups is 1. The monoisotopic (exact) mass is 516 g/mol. The summed E-state index contributed by atoms with van der Waals surface area (Å²) < 4.78 is 18.7. The molecule has 0 spiro atoms. The van der Waals surface area contributed by atoms with E-state index in [1.54, 1.807) is 24.3 Å². The summed E-state index contributed by atoms with van der Waals surface area (Å²) in [6.07, 6.45) is 3.03. The van der Waals surface area contributed by atoms with E-state index in [0.29, 0.717) is 42.9 Å². The molecule has 2 N–H and O–H groups in total. The highest BCUT2D eigenvalue weighted by atomic mass is 35.5. The number of hydrogen-bond donors (Lipinski definition) is 2. The Hall–Kier alpha value is -2.68. The number of hydrogen-bond acceptors (Lipinski definition) is 4. The smallest absolute Gasteiger partial charge is 0.319 e. The summed E-state index contributed by atoms with van der Waals surface area (Å²) in [5, 5.41) is 6.35. The first kappa shape index (κ1) is 26.4. The zero-order chi connectivity index (χ0) is 25.3. The molecule has 36 heavy (non-hydrogen) atoms. The van der Waals surface area contributed by atoms with E-state index in [1.807, 2.05) is 17.0 Å². The number of amides is 3. The van der Waals surface area contributed by atoms with Gasteiger partial charge in [0.2, 0.25) is 5.91 Å². The molecule has 2 aromatic rings. The third-order valence-electron chi connectivity index (χ3n) is 6.73. The van der Waals surface area contributed by atoms with Crippen LogP contribution in [0.25, 0.3) is 0 Å². The quantitative estimate of drug-likeness (QED) is 0.552. The number of carbonyl (C=O) groups is 2. The molecule has 0 aliphatic carbocycles. The molecule has 2 fully saturated rings. The van der Waals surface area contributed by atoms with Crippen LogP contribution in [-0.2, 0) is 16.0 Å². The second-order valence-corrected chi connectivity index (χ2v) is 10.0. The molecule has 0 bridgehead atoms. The first-order valence-electron chi connectivity index (χ1n) is 12.6. The summed E-state index contributed by atoms with van der Waals surface area (Å²) in [6.45, 7) is 4.80. The zero-order valence-corrected chi connectivity index (χ0v) is 21.2. The van der Waals surface area contributed by atoms with Gasteiger partial charge in [0, 0.05) is 49.9 Å². The Kier molecular flexibility index (Phi) is 9.55. The van der Waals surface area contributed by atoms with Crippen LogP contribution in [0.2, 0.25) is 5.02 Å². The summed E-state index contributed by atoms with van der Waals surface area (Å²) in [5.74, 6) is 0.141. The number of nitrogens with one attached hydrogen (secondary N) is 2. The fourth-order valence-electron chi connectivity index (χ4n) is 4.93. The number of likely N-dealkylation sites (tertiary alicyclic amines) is 1. The minimum absolute atomic E-state index is 0.0418. The maximum atomic E-state index is 13.3. The normalized spacial score (nSPS) is 19.5.